The van der Waals surface area contributed by atoms with Crippen LogP contribution in [0.2, 0.25) is 0 Å². The molecular formula is C17H15NaO4. The van der Waals surface area contributed by atoms with Crippen LogP contribution in [0.1, 0.15) is 18.1 Å². The Hall–Kier alpha value is -1.62. The Morgan fingerprint density at radius 1 is 1.05 bits per heavy atom. The van der Waals surface area contributed by atoms with Crippen LogP contribution in [0.15, 0.2) is 39.5 Å². The average Bonchev–Trinajstić information content (AvgIpc) is 2.44. The standard InChI is InChI=1S/C17H14O4.Na.H/c1-9-7-8-13-15(19)12-5-4-6-14(20-11(3)18)17(12)21-16(13)10(9)2;;/h4-8H,1-3H3;;. The van der Waals surface area contributed by atoms with Gasteiger partial charge in [-0.2, -0.15) is 0 Å². The first-order chi connectivity index (χ1) is 9.99. The van der Waals surface area contributed by atoms with Gasteiger partial charge in [0.25, 0.3) is 0 Å². The van der Waals surface area contributed by atoms with Crippen molar-refractivity contribution in [2.75, 3.05) is 0 Å². The number of benzene rings is 2. The van der Waals surface area contributed by atoms with Gasteiger partial charge in [0.2, 0.25) is 5.43 Å². The van der Waals surface area contributed by atoms with Gasteiger partial charge in [-0.15, -0.1) is 0 Å². The third-order valence-corrected chi connectivity index (χ3v) is 3.60. The third kappa shape index (κ3) is 2.70. The molecule has 0 aliphatic heterocycles. The molecule has 0 radical (unpaired) electrons. The second-order valence-corrected chi connectivity index (χ2v) is 5.04. The summed E-state index contributed by atoms with van der Waals surface area (Å²) >= 11 is 0. The number of aryl methyl sites for hydroxylation is 2. The van der Waals surface area contributed by atoms with Gasteiger partial charge >= 0.3 is 35.5 Å². The van der Waals surface area contributed by atoms with Crippen molar-refractivity contribution in [3.05, 3.63) is 51.7 Å². The zero-order chi connectivity index (χ0) is 15.1. The zero-order valence-electron chi connectivity index (χ0n) is 12.0. The fourth-order valence-electron chi connectivity index (χ4n) is 2.38. The Kier molecular flexibility index (Phi) is 4.75. The van der Waals surface area contributed by atoms with Crippen LogP contribution in [-0.4, -0.2) is 35.5 Å². The number of carbonyl (C=O) groups excluding carboxylic acids is 1. The monoisotopic (exact) mass is 306 g/mol. The van der Waals surface area contributed by atoms with E-state index in [2.05, 4.69) is 0 Å². The van der Waals surface area contributed by atoms with E-state index >= 15 is 0 Å². The second kappa shape index (κ2) is 6.24. The summed E-state index contributed by atoms with van der Waals surface area (Å²) in [6.45, 7) is 5.17. The molecule has 0 unspecified atom stereocenters. The molecule has 1 heterocycles. The molecule has 0 aliphatic rings. The molecule has 108 valence electrons. The molecule has 0 N–H and O–H groups in total. The molecule has 0 aliphatic carbocycles. The molecule has 1 aromatic heterocycles. The van der Waals surface area contributed by atoms with Crippen molar-refractivity contribution in [2.45, 2.75) is 20.8 Å². The van der Waals surface area contributed by atoms with E-state index in [1.54, 1.807) is 24.3 Å². The normalized spacial score (nSPS) is 10.5. The van der Waals surface area contributed by atoms with Gasteiger partial charge in [0, 0.05) is 6.92 Å². The summed E-state index contributed by atoms with van der Waals surface area (Å²) in [6.07, 6.45) is 0. The Morgan fingerprint density at radius 2 is 1.73 bits per heavy atom. The Labute approximate surface area is 149 Å². The summed E-state index contributed by atoms with van der Waals surface area (Å²) in [7, 11) is 0. The van der Waals surface area contributed by atoms with Crippen molar-refractivity contribution in [2.24, 2.45) is 0 Å². The maximum absolute atomic E-state index is 12.6. The van der Waals surface area contributed by atoms with Crippen LogP contribution in [0.5, 0.6) is 5.75 Å². The van der Waals surface area contributed by atoms with Crippen LogP contribution in [0, 0.1) is 13.8 Å². The summed E-state index contributed by atoms with van der Waals surface area (Å²) in [6, 6.07) is 8.62. The van der Waals surface area contributed by atoms with Gasteiger partial charge in [0.15, 0.2) is 11.3 Å². The number of ether oxygens (including phenoxy) is 1. The van der Waals surface area contributed by atoms with Crippen molar-refractivity contribution < 1.29 is 13.9 Å². The molecule has 22 heavy (non-hydrogen) atoms. The van der Waals surface area contributed by atoms with Gasteiger partial charge in [-0.3, -0.25) is 9.59 Å². The molecule has 0 saturated carbocycles. The second-order valence-electron chi connectivity index (χ2n) is 5.04. The zero-order valence-corrected chi connectivity index (χ0v) is 12.0. The van der Waals surface area contributed by atoms with Crippen LogP contribution in [0.4, 0.5) is 0 Å². The molecule has 4 nitrogen and oxygen atoms in total. The van der Waals surface area contributed by atoms with Crippen molar-refractivity contribution in [3.63, 3.8) is 0 Å². The summed E-state index contributed by atoms with van der Waals surface area (Å²) < 4.78 is 11.0. The van der Waals surface area contributed by atoms with Crippen molar-refractivity contribution in [1.29, 1.82) is 0 Å². The fourth-order valence-corrected chi connectivity index (χ4v) is 2.38. The van der Waals surface area contributed by atoms with E-state index in [9.17, 15) is 9.59 Å². The SMILES string of the molecule is CC(=O)Oc1cccc2c(=O)c3ccc(C)c(C)c3oc12.[NaH]. The van der Waals surface area contributed by atoms with E-state index in [1.165, 1.54) is 6.92 Å². The van der Waals surface area contributed by atoms with Crippen LogP contribution in [-0.2, 0) is 4.79 Å². The quantitative estimate of drug-likeness (QED) is 0.300. The van der Waals surface area contributed by atoms with Gasteiger partial charge in [-0.25, -0.2) is 0 Å². The summed E-state index contributed by atoms with van der Waals surface area (Å²) in [5.41, 5.74) is 2.66. The number of esters is 1. The van der Waals surface area contributed by atoms with Gasteiger partial charge < -0.3 is 9.15 Å². The number of fused-ring (bicyclic) bond motifs is 2. The van der Waals surface area contributed by atoms with Crippen LogP contribution in [0.25, 0.3) is 21.9 Å². The van der Waals surface area contributed by atoms with Crippen LogP contribution < -0.4 is 10.2 Å². The molecular weight excluding hydrogens is 291 g/mol. The molecule has 0 fully saturated rings. The number of hydrogen-bond acceptors (Lipinski definition) is 4. The van der Waals surface area contributed by atoms with Crippen molar-refractivity contribution >= 4 is 57.5 Å². The van der Waals surface area contributed by atoms with E-state index in [-0.39, 0.29) is 40.7 Å². The minimum atomic E-state index is -0.453. The molecule has 0 atom stereocenters. The van der Waals surface area contributed by atoms with Crippen LogP contribution >= 0.6 is 0 Å². The van der Waals surface area contributed by atoms with Gasteiger partial charge in [-0.05, 0) is 43.2 Å². The number of hydrogen-bond donors (Lipinski definition) is 0. The Bertz CT molecular complexity index is 941. The number of para-hydroxylation sites is 1. The van der Waals surface area contributed by atoms with E-state index in [0.717, 1.165) is 11.1 Å². The molecule has 0 saturated heterocycles. The molecule has 3 aromatic rings. The number of carbonyl (C=O) groups is 1. The fraction of sp³-hybridized carbons (Fsp3) is 0.176. The van der Waals surface area contributed by atoms with Gasteiger partial charge in [0.05, 0.1) is 10.8 Å². The summed E-state index contributed by atoms with van der Waals surface area (Å²) in [5, 5.41) is 0.940. The first-order valence-corrected chi connectivity index (χ1v) is 6.63. The predicted octanol–water partition coefficient (Wildman–Crippen LogP) is 2.84. The Balaban J connectivity index is 0.00000176. The van der Waals surface area contributed by atoms with E-state index < -0.39 is 5.97 Å². The molecule has 0 spiro atoms. The summed E-state index contributed by atoms with van der Waals surface area (Å²) in [5.74, 6) is -0.189. The predicted molar refractivity (Wildman–Crippen MR) is 87.9 cm³/mol. The topological polar surface area (TPSA) is 56.5 Å². The van der Waals surface area contributed by atoms with Gasteiger partial charge in [0.1, 0.15) is 5.58 Å². The number of rotatable bonds is 1. The Morgan fingerprint density at radius 3 is 2.41 bits per heavy atom. The van der Waals surface area contributed by atoms with Crippen molar-refractivity contribution in [1.82, 2.24) is 0 Å². The van der Waals surface area contributed by atoms with E-state index in [0.29, 0.717) is 21.9 Å². The molecule has 0 bridgehead atoms. The first kappa shape index (κ1) is 16.7. The summed E-state index contributed by atoms with van der Waals surface area (Å²) in [4.78, 5) is 23.8. The molecule has 2 aromatic carbocycles. The average molecular weight is 306 g/mol. The van der Waals surface area contributed by atoms with Gasteiger partial charge in [-0.1, -0.05) is 12.1 Å². The van der Waals surface area contributed by atoms with Crippen LogP contribution in [0.3, 0.4) is 0 Å². The third-order valence-electron chi connectivity index (χ3n) is 3.60. The maximum atomic E-state index is 12.6. The molecule has 5 heteroatoms. The van der Waals surface area contributed by atoms with Crippen molar-refractivity contribution in [3.8, 4) is 5.75 Å². The van der Waals surface area contributed by atoms with E-state index in [1.807, 2.05) is 19.9 Å². The van der Waals surface area contributed by atoms with E-state index in [4.69, 9.17) is 9.15 Å². The molecule has 3 rings (SSSR count). The molecule has 0 amide bonds. The minimum absolute atomic E-state index is 0. The first-order valence-electron chi connectivity index (χ1n) is 6.63.